The molecule has 19 heavy (non-hydrogen) atoms. The molecular formula is C14H20N2O3. The van der Waals surface area contributed by atoms with Crippen molar-refractivity contribution in [2.45, 2.75) is 12.6 Å². The van der Waals surface area contributed by atoms with Gasteiger partial charge in [-0.3, -0.25) is 4.90 Å². The Morgan fingerprint density at radius 2 is 2.42 bits per heavy atom. The maximum Gasteiger partial charge on any atom is 0.337 e. The minimum Gasteiger partial charge on any atom is -0.465 e. The van der Waals surface area contributed by atoms with Crippen LogP contribution in [0, 0.1) is 0 Å². The third-order valence-corrected chi connectivity index (χ3v) is 3.24. The van der Waals surface area contributed by atoms with Crippen molar-refractivity contribution in [2.75, 3.05) is 33.4 Å². The molecule has 0 bridgehead atoms. The molecule has 1 saturated heterocycles. The van der Waals surface area contributed by atoms with E-state index in [0.717, 1.165) is 25.2 Å². The number of nitrogens with zero attached hydrogens (tertiary/aromatic N) is 1. The van der Waals surface area contributed by atoms with E-state index in [4.69, 9.17) is 15.2 Å². The third kappa shape index (κ3) is 3.76. The van der Waals surface area contributed by atoms with Crippen molar-refractivity contribution in [3.8, 4) is 0 Å². The fourth-order valence-electron chi connectivity index (χ4n) is 2.24. The zero-order valence-electron chi connectivity index (χ0n) is 11.2. The first-order valence-corrected chi connectivity index (χ1v) is 6.44. The number of morpholine rings is 1. The number of carbonyl (C=O) groups excluding carboxylic acids is 1. The number of rotatable bonds is 4. The van der Waals surface area contributed by atoms with Crippen molar-refractivity contribution in [3.05, 3.63) is 35.4 Å². The molecule has 0 aliphatic carbocycles. The normalized spacial score (nSPS) is 20.2. The minimum atomic E-state index is -0.302. The molecule has 5 nitrogen and oxygen atoms in total. The van der Waals surface area contributed by atoms with E-state index in [9.17, 15) is 4.79 Å². The van der Waals surface area contributed by atoms with Gasteiger partial charge in [-0.05, 0) is 17.7 Å². The molecule has 1 atom stereocenters. The summed E-state index contributed by atoms with van der Waals surface area (Å²) < 4.78 is 10.3. The zero-order valence-corrected chi connectivity index (χ0v) is 11.2. The maximum atomic E-state index is 11.5. The smallest absolute Gasteiger partial charge is 0.337 e. The molecule has 5 heteroatoms. The molecule has 0 spiro atoms. The highest BCUT2D eigenvalue weighted by Crippen LogP contribution is 2.12. The van der Waals surface area contributed by atoms with Crippen molar-refractivity contribution in [2.24, 2.45) is 5.73 Å². The molecule has 0 radical (unpaired) electrons. The van der Waals surface area contributed by atoms with Gasteiger partial charge >= 0.3 is 5.97 Å². The highest BCUT2D eigenvalue weighted by atomic mass is 16.5. The molecule has 1 unspecified atom stereocenters. The van der Waals surface area contributed by atoms with Crippen LogP contribution in [0.2, 0.25) is 0 Å². The van der Waals surface area contributed by atoms with Crippen molar-refractivity contribution < 1.29 is 14.3 Å². The molecule has 1 heterocycles. The summed E-state index contributed by atoms with van der Waals surface area (Å²) >= 11 is 0. The lowest BCUT2D eigenvalue weighted by Crippen LogP contribution is -2.45. The first kappa shape index (κ1) is 14.0. The molecule has 2 rings (SSSR count). The van der Waals surface area contributed by atoms with E-state index < -0.39 is 0 Å². The summed E-state index contributed by atoms with van der Waals surface area (Å²) in [6.45, 7) is 3.76. The van der Waals surface area contributed by atoms with Crippen LogP contribution in [0.4, 0.5) is 0 Å². The number of carbonyl (C=O) groups is 1. The van der Waals surface area contributed by atoms with Gasteiger partial charge in [0.1, 0.15) is 0 Å². The van der Waals surface area contributed by atoms with Gasteiger partial charge in [-0.15, -0.1) is 0 Å². The number of esters is 1. The first-order chi connectivity index (χ1) is 9.22. The van der Waals surface area contributed by atoms with E-state index in [0.29, 0.717) is 18.7 Å². The van der Waals surface area contributed by atoms with E-state index in [-0.39, 0.29) is 12.1 Å². The summed E-state index contributed by atoms with van der Waals surface area (Å²) in [5.41, 5.74) is 7.31. The molecule has 0 saturated carbocycles. The monoisotopic (exact) mass is 264 g/mol. The van der Waals surface area contributed by atoms with Gasteiger partial charge in [0.05, 0.1) is 25.4 Å². The van der Waals surface area contributed by atoms with Gasteiger partial charge in [-0.2, -0.15) is 0 Å². The van der Waals surface area contributed by atoms with Crippen LogP contribution in [0.15, 0.2) is 24.3 Å². The van der Waals surface area contributed by atoms with Crippen LogP contribution in [-0.4, -0.2) is 50.3 Å². The summed E-state index contributed by atoms with van der Waals surface area (Å²) in [6.07, 6.45) is 0.109. The fraction of sp³-hybridized carbons (Fsp3) is 0.500. The molecule has 1 aliphatic rings. The van der Waals surface area contributed by atoms with E-state index in [2.05, 4.69) is 4.90 Å². The average Bonchev–Trinajstić information content (AvgIpc) is 2.47. The summed E-state index contributed by atoms with van der Waals surface area (Å²) in [6, 6.07) is 7.53. The van der Waals surface area contributed by atoms with E-state index in [1.54, 1.807) is 6.07 Å². The molecule has 1 aliphatic heterocycles. The van der Waals surface area contributed by atoms with Crippen molar-refractivity contribution in [1.82, 2.24) is 4.90 Å². The molecule has 0 amide bonds. The summed E-state index contributed by atoms with van der Waals surface area (Å²) in [5.74, 6) is -0.302. The van der Waals surface area contributed by atoms with Crippen LogP contribution in [0.3, 0.4) is 0 Å². The first-order valence-electron chi connectivity index (χ1n) is 6.44. The molecule has 1 fully saturated rings. The van der Waals surface area contributed by atoms with E-state index in [1.807, 2.05) is 18.2 Å². The zero-order chi connectivity index (χ0) is 13.7. The fourth-order valence-corrected chi connectivity index (χ4v) is 2.24. The number of methoxy groups -OCH3 is 1. The number of hydrogen-bond acceptors (Lipinski definition) is 5. The molecule has 0 aromatic heterocycles. The average molecular weight is 264 g/mol. The molecule has 1 aromatic rings. The quantitative estimate of drug-likeness (QED) is 0.808. The topological polar surface area (TPSA) is 64.8 Å². The van der Waals surface area contributed by atoms with Gasteiger partial charge in [0.15, 0.2) is 0 Å². The SMILES string of the molecule is COC(=O)c1cccc(CN2CCOC(CN)C2)c1. The molecular weight excluding hydrogens is 244 g/mol. The largest absolute Gasteiger partial charge is 0.465 e. The molecule has 1 aromatic carbocycles. The lowest BCUT2D eigenvalue weighted by Gasteiger charge is -2.32. The lowest BCUT2D eigenvalue weighted by atomic mass is 10.1. The molecule has 2 N–H and O–H groups in total. The predicted molar refractivity (Wildman–Crippen MR) is 71.9 cm³/mol. The Bertz CT molecular complexity index is 436. The second-order valence-electron chi connectivity index (χ2n) is 4.66. The maximum absolute atomic E-state index is 11.5. The Kier molecular flexibility index (Phi) is 4.90. The third-order valence-electron chi connectivity index (χ3n) is 3.24. The second kappa shape index (κ2) is 6.65. The Balaban J connectivity index is 2.00. The van der Waals surface area contributed by atoms with Crippen molar-refractivity contribution >= 4 is 5.97 Å². The summed E-state index contributed by atoms with van der Waals surface area (Å²) in [4.78, 5) is 13.8. The Hall–Kier alpha value is -1.43. The van der Waals surface area contributed by atoms with Gasteiger partial charge < -0.3 is 15.2 Å². The van der Waals surface area contributed by atoms with Crippen LogP contribution in [-0.2, 0) is 16.0 Å². The van der Waals surface area contributed by atoms with E-state index in [1.165, 1.54) is 7.11 Å². The Morgan fingerprint density at radius 3 is 3.16 bits per heavy atom. The predicted octanol–water partition coefficient (Wildman–Crippen LogP) is 0.633. The Labute approximate surface area is 113 Å². The number of ether oxygens (including phenoxy) is 2. The van der Waals surface area contributed by atoms with Crippen LogP contribution in [0.5, 0.6) is 0 Å². The van der Waals surface area contributed by atoms with Gasteiger partial charge in [-0.1, -0.05) is 12.1 Å². The number of nitrogens with two attached hydrogens (primary N) is 1. The standard InChI is InChI=1S/C14H20N2O3/c1-18-14(17)12-4-2-3-11(7-12)9-16-5-6-19-13(8-15)10-16/h2-4,7,13H,5-6,8-10,15H2,1H3. The van der Waals surface area contributed by atoms with Crippen molar-refractivity contribution in [3.63, 3.8) is 0 Å². The van der Waals surface area contributed by atoms with Gasteiger partial charge in [-0.25, -0.2) is 4.79 Å². The lowest BCUT2D eigenvalue weighted by molar-refractivity contribution is -0.0260. The Morgan fingerprint density at radius 1 is 1.58 bits per heavy atom. The second-order valence-corrected chi connectivity index (χ2v) is 4.66. The minimum absolute atomic E-state index is 0.109. The van der Waals surface area contributed by atoms with E-state index >= 15 is 0 Å². The number of hydrogen-bond donors (Lipinski definition) is 1. The van der Waals surface area contributed by atoms with Crippen LogP contribution < -0.4 is 5.73 Å². The van der Waals surface area contributed by atoms with Crippen molar-refractivity contribution in [1.29, 1.82) is 0 Å². The number of benzene rings is 1. The van der Waals surface area contributed by atoms with Gasteiger partial charge in [0.2, 0.25) is 0 Å². The highest BCUT2D eigenvalue weighted by molar-refractivity contribution is 5.89. The van der Waals surface area contributed by atoms with Crippen LogP contribution >= 0.6 is 0 Å². The van der Waals surface area contributed by atoms with Gasteiger partial charge in [0, 0.05) is 26.2 Å². The van der Waals surface area contributed by atoms with Crippen LogP contribution in [0.25, 0.3) is 0 Å². The summed E-state index contributed by atoms with van der Waals surface area (Å²) in [7, 11) is 1.39. The molecule has 104 valence electrons. The highest BCUT2D eigenvalue weighted by Gasteiger charge is 2.19. The van der Waals surface area contributed by atoms with Gasteiger partial charge in [0.25, 0.3) is 0 Å². The van der Waals surface area contributed by atoms with Crippen LogP contribution in [0.1, 0.15) is 15.9 Å². The summed E-state index contributed by atoms with van der Waals surface area (Å²) in [5, 5.41) is 0.